The van der Waals surface area contributed by atoms with Crippen molar-refractivity contribution in [2.75, 3.05) is 7.11 Å². The van der Waals surface area contributed by atoms with Gasteiger partial charge in [0.1, 0.15) is 11.4 Å². The second-order valence-corrected chi connectivity index (χ2v) is 4.98. The number of Topliss-reactive ketones (excluding diaryl/α,β-unsaturated/α-hetero) is 1. The molecule has 0 fully saturated rings. The van der Waals surface area contributed by atoms with E-state index in [4.69, 9.17) is 4.74 Å². The van der Waals surface area contributed by atoms with Gasteiger partial charge in [-0.3, -0.25) is 4.79 Å². The van der Waals surface area contributed by atoms with E-state index in [1.165, 1.54) is 13.8 Å². The quantitative estimate of drug-likeness (QED) is 0.924. The molecular formula is C12H15BrO3. The number of ketones is 1. The fourth-order valence-corrected chi connectivity index (χ4v) is 1.81. The molecule has 1 rings (SSSR count). The minimum atomic E-state index is -1.29. The molecule has 1 N–H and O–H groups in total. The summed E-state index contributed by atoms with van der Waals surface area (Å²) >= 11 is 3.35. The first-order valence-electron chi connectivity index (χ1n) is 4.92. The van der Waals surface area contributed by atoms with E-state index in [1.54, 1.807) is 13.2 Å². The van der Waals surface area contributed by atoms with Gasteiger partial charge in [0, 0.05) is 6.42 Å². The van der Waals surface area contributed by atoms with Crippen LogP contribution in [0.3, 0.4) is 0 Å². The molecule has 0 atom stereocenters. The normalized spacial score (nSPS) is 11.3. The highest BCUT2D eigenvalue weighted by Gasteiger charge is 2.23. The van der Waals surface area contributed by atoms with Crippen LogP contribution in [0.15, 0.2) is 22.7 Å². The van der Waals surface area contributed by atoms with Crippen molar-refractivity contribution < 1.29 is 14.6 Å². The van der Waals surface area contributed by atoms with Crippen LogP contribution < -0.4 is 4.74 Å². The molecule has 0 heterocycles. The molecule has 0 unspecified atom stereocenters. The summed E-state index contributed by atoms with van der Waals surface area (Å²) in [5.41, 5.74) is -0.438. The van der Waals surface area contributed by atoms with Crippen molar-refractivity contribution in [1.29, 1.82) is 0 Å². The minimum absolute atomic E-state index is 0.204. The summed E-state index contributed by atoms with van der Waals surface area (Å²) in [6.45, 7) is 2.99. The highest BCUT2D eigenvalue weighted by molar-refractivity contribution is 9.10. The third kappa shape index (κ3) is 3.32. The number of halogens is 1. The first kappa shape index (κ1) is 13.2. The molecular weight excluding hydrogens is 272 g/mol. The van der Waals surface area contributed by atoms with E-state index in [0.29, 0.717) is 0 Å². The highest BCUT2D eigenvalue weighted by atomic mass is 79.9. The van der Waals surface area contributed by atoms with E-state index in [-0.39, 0.29) is 12.2 Å². The van der Waals surface area contributed by atoms with E-state index in [1.807, 2.05) is 12.1 Å². The van der Waals surface area contributed by atoms with Gasteiger partial charge in [0.25, 0.3) is 0 Å². The first-order chi connectivity index (χ1) is 7.34. The number of rotatable bonds is 4. The second-order valence-electron chi connectivity index (χ2n) is 4.13. The zero-order chi connectivity index (χ0) is 12.3. The number of hydrogen-bond donors (Lipinski definition) is 1. The molecule has 0 bridgehead atoms. The number of ether oxygens (including phenoxy) is 1. The van der Waals surface area contributed by atoms with Gasteiger partial charge in [-0.1, -0.05) is 6.07 Å². The summed E-state index contributed by atoms with van der Waals surface area (Å²) in [5, 5.41) is 9.53. The molecule has 0 aliphatic rings. The minimum Gasteiger partial charge on any atom is -0.496 e. The van der Waals surface area contributed by atoms with Crippen molar-refractivity contribution in [3.05, 3.63) is 28.2 Å². The summed E-state index contributed by atoms with van der Waals surface area (Å²) in [6.07, 6.45) is 0.214. The Morgan fingerprint density at radius 2 is 2.12 bits per heavy atom. The maximum atomic E-state index is 11.6. The zero-order valence-corrected chi connectivity index (χ0v) is 11.2. The second kappa shape index (κ2) is 4.97. The Morgan fingerprint density at radius 1 is 1.50 bits per heavy atom. The van der Waals surface area contributed by atoms with Gasteiger partial charge in [-0.15, -0.1) is 0 Å². The molecule has 1 aromatic carbocycles. The number of methoxy groups -OCH3 is 1. The fraction of sp³-hybridized carbons (Fsp3) is 0.417. The molecule has 0 aliphatic carbocycles. The van der Waals surface area contributed by atoms with Gasteiger partial charge in [0.15, 0.2) is 5.78 Å². The van der Waals surface area contributed by atoms with E-state index in [9.17, 15) is 9.90 Å². The zero-order valence-electron chi connectivity index (χ0n) is 9.58. The van der Waals surface area contributed by atoms with Crippen molar-refractivity contribution in [2.45, 2.75) is 25.9 Å². The lowest BCUT2D eigenvalue weighted by molar-refractivity contribution is -0.133. The predicted octanol–water partition coefficient (Wildman–Crippen LogP) is 2.34. The number of aliphatic hydroxyl groups is 1. The van der Waals surface area contributed by atoms with Gasteiger partial charge in [-0.2, -0.15) is 0 Å². The van der Waals surface area contributed by atoms with Gasteiger partial charge in [-0.05, 0) is 47.5 Å². The maximum absolute atomic E-state index is 11.6. The number of benzene rings is 1. The fourth-order valence-electron chi connectivity index (χ4n) is 1.22. The predicted molar refractivity (Wildman–Crippen MR) is 65.7 cm³/mol. The van der Waals surface area contributed by atoms with Crippen LogP contribution in [-0.2, 0) is 11.2 Å². The number of carbonyl (C=O) groups excluding carboxylic acids is 1. The third-order valence-corrected chi connectivity index (χ3v) is 2.88. The summed E-state index contributed by atoms with van der Waals surface area (Å²) in [5.74, 6) is 0.518. The van der Waals surface area contributed by atoms with Crippen molar-refractivity contribution in [2.24, 2.45) is 0 Å². The molecule has 0 saturated carbocycles. The lowest BCUT2D eigenvalue weighted by Gasteiger charge is -2.15. The number of carbonyl (C=O) groups is 1. The Balaban J connectivity index is 2.84. The molecule has 1 aromatic rings. The Labute approximate surface area is 104 Å². The molecule has 3 nitrogen and oxygen atoms in total. The summed E-state index contributed by atoms with van der Waals surface area (Å²) in [6, 6.07) is 5.42. The van der Waals surface area contributed by atoms with Crippen LogP contribution in [-0.4, -0.2) is 23.6 Å². The molecule has 88 valence electrons. The molecule has 16 heavy (non-hydrogen) atoms. The molecule has 0 aromatic heterocycles. The standard InChI is InChI=1S/C12H15BrO3/c1-12(2,15)11(14)7-8-4-5-10(16-3)9(13)6-8/h4-6,15H,7H2,1-3H3. The SMILES string of the molecule is COc1ccc(CC(=O)C(C)(C)O)cc1Br. The first-order valence-corrected chi connectivity index (χ1v) is 5.72. The van der Waals surface area contributed by atoms with E-state index in [2.05, 4.69) is 15.9 Å². The Morgan fingerprint density at radius 3 is 2.56 bits per heavy atom. The number of hydrogen-bond acceptors (Lipinski definition) is 3. The van der Waals surface area contributed by atoms with Crippen LogP contribution in [0, 0.1) is 0 Å². The summed E-state index contributed by atoms with van der Waals surface area (Å²) in [7, 11) is 1.59. The Bertz CT molecular complexity index is 394. The molecule has 0 aliphatic heterocycles. The Kier molecular flexibility index (Phi) is 4.10. The van der Waals surface area contributed by atoms with Crippen molar-refractivity contribution in [1.82, 2.24) is 0 Å². The van der Waals surface area contributed by atoms with E-state index < -0.39 is 5.60 Å². The van der Waals surface area contributed by atoms with Crippen LogP contribution in [0.4, 0.5) is 0 Å². The Hall–Kier alpha value is -0.870. The summed E-state index contributed by atoms with van der Waals surface area (Å²) in [4.78, 5) is 11.6. The summed E-state index contributed by atoms with van der Waals surface area (Å²) < 4.78 is 5.89. The molecule has 4 heteroatoms. The average Bonchev–Trinajstić information content (AvgIpc) is 2.16. The highest BCUT2D eigenvalue weighted by Crippen LogP contribution is 2.26. The van der Waals surface area contributed by atoms with Crippen molar-refractivity contribution >= 4 is 21.7 Å². The van der Waals surface area contributed by atoms with Gasteiger partial charge in [0.2, 0.25) is 0 Å². The van der Waals surface area contributed by atoms with E-state index >= 15 is 0 Å². The van der Waals surface area contributed by atoms with Crippen LogP contribution in [0.2, 0.25) is 0 Å². The molecule has 0 spiro atoms. The largest absolute Gasteiger partial charge is 0.496 e. The molecule has 0 radical (unpaired) electrons. The third-order valence-electron chi connectivity index (χ3n) is 2.26. The lowest BCUT2D eigenvalue weighted by Crippen LogP contribution is -2.32. The average molecular weight is 287 g/mol. The monoisotopic (exact) mass is 286 g/mol. The van der Waals surface area contributed by atoms with Crippen LogP contribution in [0.25, 0.3) is 0 Å². The lowest BCUT2D eigenvalue weighted by atomic mass is 9.97. The van der Waals surface area contributed by atoms with Crippen LogP contribution in [0.1, 0.15) is 19.4 Å². The van der Waals surface area contributed by atoms with Gasteiger partial charge < -0.3 is 9.84 Å². The molecule has 0 amide bonds. The van der Waals surface area contributed by atoms with Gasteiger partial charge in [-0.25, -0.2) is 0 Å². The topological polar surface area (TPSA) is 46.5 Å². The van der Waals surface area contributed by atoms with E-state index in [0.717, 1.165) is 15.8 Å². The van der Waals surface area contributed by atoms with Crippen molar-refractivity contribution in [3.8, 4) is 5.75 Å². The van der Waals surface area contributed by atoms with Crippen molar-refractivity contribution in [3.63, 3.8) is 0 Å². The van der Waals surface area contributed by atoms with Gasteiger partial charge >= 0.3 is 0 Å². The molecule has 0 saturated heterocycles. The maximum Gasteiger partial charge on any atom is 0.168 e. The van der Waals surface area contributed by atoms with Gasteiger partial charge in [0.05, 0.1) is 11.6 Å². The smallest absolute Gasteiger partial charge is 0.168 e. The van der Waals surface area contributed by atoms with Crippen LogP contribution >= 0.6 is 15.9 Å². The van der Waals surface area contributed by atoms with Crippen LogP contribution in [0.5, 0.6) is 5.75 Å².